The van der Waals surface area contributed by atoms with Gasteiger partial charge in [0.25, 0.3) is 0 Å². The van der Waals surface area contributed by atoms with E-state index in [1.54, 1.807) is 0 Å². The standard InChI is InChI=1S/C6H5.C3H4O2.CH3.Ca/c1-2-4-6-5-3-1;1-2-3(4)5;;/h1-5H;2H,1H2,(H,4,5);1H3;/q-1;;-1;+2. The average Bonchev–Trinajstić information content (AvgIpc) is 2.09. The molecule has 0 atom stereocenters. The molecule has 1 aromatic rings. The molecule has 0 aliphatic rings. The van der Waals surface area contributed by atoms with E-state index in [1.807, 2.05) is 30.3 Å². The number of carbonyl (C=O) groups is 1. The predicted octanol–water partition coefficient (Wildman–Crippen LogP) is 1.81. The van der Waals surface area contributed by atoms with Crippen molar-refractivity contribution in [3.8, 4) is 0 Å². The van der Waals surface area contributed by atoms with Crippen LogP contribution in [0.25, 0.3) is 0 Å². The van der Waals surface area contributed by atoms with Crippen LogP contribution in [0.15, 0.2) is 43.0 Å². The van der Waals surface area contributed by atoms with Crippen LogP contribution in [-0.4, -0.2) is 48.8 Å². The van der Waals surface area contributed by atoms with Gasteiger partial charge >= 0.3 is 43.7 Å². The van der Waals surface area contributed by atoms with E-state index in [9.17, 15) is 4.79 Å². The maximum Gasteiger partial charge on any atom is 2.00 e. The zero-order chi connectivity index (χ0) is 8.53. The van der Waals surface area contributed by atoms with Gasteiger partial charge in [0.2, 0.25) is 0 Å². The van der Waals surface area contributed by atoms with Crippen LogP contribution in [0.3, 0.4) is 0 Å². The molecular weight excluding hydrogens is 192 g/mol. The van der Waals surface area contributed by atoms with Crippen molar-refractivity contribution >= 4 is 43.7 Å². The Bertz CT molecular complexity index is 183. The maximum atomic E-state index is 9.25. The van der Waals surface area contributed by atoms with E-state index >= 15 is 0 Å². The van der Waals surface area contributed by atoms with Crippen molar-refractivity contribution in [3.63, 3.8) is 0 Å². The van der Waals surface area contributed by atoms with Crippen molar-refractivity contribution in [2.75, 3.05) is 0 Å². The number of carboxylic acid groups (broad SMARTS) is 1. The van der Waals surface area contributed by atoms with Gasteiger partial charge in [-0.25, -0.2) is 4.79 Å². The molecule has 1 N–H and O–H groups in total. The van der Waals surface area contributed by atoms with Crippen molar-refractivity contribution in [1.82, 2.24) is 0 Å². The fourth-order valence-corrected chi connectivity index (χ4v) is 0.342. The van der Waals surface area contributed by atoms with Crippen molar-refractivity contribution in [1.29, 1.82) is 0 Å². The fraction of sp³-hybridized carbons (Fsp3) is 0. The SMILES string of the molecule is C=CC(=O)O.[CH3-].[Ca+2].[c-]1ccccc1. The molecule has 0 radical (unpaired) electrons. The second-order valence-electron chi connectivity index (χ2n) is 1.62. The molecular formula is C10H12CaO2. The Morgan fingerprint density at radius 2 is 1.69 bits per heavy atom. The van der Waals surface area contributed by atoms with Gasteiger partial charge in [0.05, 0.1) is 0 Å². The second-order valence-corrected chi connectivity index (χ2v) is 1.62. The monoisotopic (exact) mass is 204 g/mol. The van der Waals surface area contributed by atoms with Gasteiger partial charge in [0, 0.05) is 6.08 Å². The zero-order valence-electron chi connectivity index (χ0n) is 7.73. The summed E-state index contributed by atoms with van der Waals surface area (Å²) in [4.78, 5) is 9.25. The fourth-order valence-electron chi connectivity index (χ4n) is 0.342. The summed E-state index contributed by atoms with van der Waals surface area (Å²) in [6.07, 6.45) is 0.833. The molecule has 0 aliphatic carbocycles. The number of aliphatic carboxylic acids is 1. The molecule has 13 heavy (non-hydrogen) atoms. The molecule has 0 saturated heterocycles. The molecule has 1 rings (SSSR count). The van der Waals surface area contributed by atoms with Crippen LogP contribution in [0.4, 0.5) is 0 Å². The third-order valence-corrected chi connectivity index (χ3v) is 0.782. The minimum absolute atomic E-state index is 0. The van der Waals surface area contributed by atoms with Crippen molar-refractivity contribution in [3.05, 3.63) is 56.5 Å². The molecule has 1 aromatic carbocycles. The first-order chi connectivity index (χ1) is 5.27. The van der Waals surface area contributed by atoms with Gasteiger partial charge in [0.15, 0.2) is 0 Å². The molecule has 0 amide bonds. The summed E-state index contributed by atoms with van der Waals surface area (Å²) in [7, 11) is 0. The summed E-state index contributed by atoms with van der Waals surface area (Å²) in [5, 5.41) is 7.60. The van der Waals surface area contributed by atoms with Crippen LogP contribution < -0.4 is 0 Å². The molecule has 2 nitrogen and oxygen atoms in total. The first kappa shape index (κ1) is 18.5. The molecule has 0 bridgehead atoms. The number of rotatable bonds is 1. The predicted molar refractivity (Wildman–Crippen MR) is 55.3 cm³/mol. The summed E-state index contributed by atoms with van der Waals surface area (Å²) in [5.41, 5.74) is 0. The van der Waals surface area contributed by atoms with Gasteiger partial charge in [0.1, 0.15) is 0 Å². The average molecular weight is 204 g/mol. The van der Waals surface area contributed by atoms with Gasteiger partial charge in [-0.15, -0.1) is 0 Å². The van der Waals surface area contributed by atoms with E-state index in [-0.39, 0.29) is 45.2 Å². The van der Waals surface area contributed by atoms with Gasteiger partial charge in [-0.3, -0.25) is 0 Å². The first-order valence-corrected chi connectivity index (χ1v) is 3.04. The Kier molecular flexibility index (Phi) is 20.2. The van der Waals surface area contributed by atoms with Crippen molar-refractivity contribution in [2.24, 2.45) is 0 Å². The van der Waals surface area contributed by atoms with E-state index in [0.717, 1.165) is 6.08 Å². The summed E-state index contributed by atoms with van der Waals surface area (Å²) in [5.74, 6) is -0.981. The van der Waals surface area contributed by atoms with Crippen molar-refractivity contribution in [2.45, 2.75) is 0 Å². The molecule has 3 heteroatoms. The van der Waals surface area contributed by atoms with Gasteiger partial charge < -0.3 is 12.5 Å². The third kappa shape index (κ3) is 18.6. The smallest absolute Gasteiger partial charge is 0.478 e. The molecule has 0 aliphatic heterocycles. The number of hydrogen-bond donors (Lipinski definition) is 1. The molecule has 0 spiro atoms. The topological polar surface area (TPSA) is 37.3 Å². The van der Waals surface area contributed by atoms with Crippen LogP contribution in [0.5, 0.6) is 0 Å². The minimum Gasteiger partial charge on any atom is -0.478 e. The first-order valence-electron chi connectivity index (χ1n) is 3.04. The Balaban J connectivity index is -0.000000136. The van der Waals surface area contributed by atoms with Crippen LogP contribution >= 0.6 is 0 Å². The molecule has 0 heterocycles. The number of carboxylic acids is 1. The van der Waals surface area contributed by atoms with E-state index < -0.39 is 5.97 Å². The molecule has 0 unspecified atom stereocenters. The van der Waals surface area contributed by atoms with E-state index in [0.29, 0.717) is 0 Å². The third-order valence-electron chi connectivity index (χ3n) is 0.782. The van der Waals surface area contributed by atoms with Crippen LogP contribution in [-0.2, 0) is 4.79 Å². The van der Waals surface area contributed by atoms with E-state index in [2.05, 4.69) is 12.6 Å². The quantitative estimate of drug-likeness (QED) is 0.430. The Morgan fingerprint density at radius 3 is 1.77 bits per heavy atom. The molecule has 66 valence electrons. The van der Waals surface area contributed by atoms with Crippen LogP contribution in [0, 0.1) is 13.5 Å². The van der Waals surface area contributed by atoms with Gasteiger partial charge in [-0.1, -0.05) is 6.58 Å². The van der Waals surface area contributed by atoms with Gasteiger partial charge in [-0.2, -0.15) is 36.4 Å². The molecule has 0 aromatic heterocycles. The largest absolute Gasteiger partial charge is 2.00 e. The summed E-state index contributed by atoms with van der Waals surface area (Å²) < 4.78 is 0. The Labute approximate surface area is 109 Å². The van der Waals surface area contributed by atoms with Crippen LogP contribution in [0.1, 0.15) is 0 Å². The van der Waals surface area contributed by atoms with Gasteiger partial charge in [-0.05, 0) is 0 Å². The summed E-state index contributed by atoms with van der Waals surface area (Å²) in [6.45, 7) is 2.96. The zero-order valence-corrected chi connectivity index (χ0v) is 9.94. The molecule has 0 saturated carbocycles. The van der Waals surface area contributed by atoms with Crippen LogP contribution in [0.2, 0.25) is 0 Å². The number of hydrogen-bond acceptors (Lipinski definition) is 1. The Hall–Kier alpha value is -0.310. The van der Waals surface area contributed by atoms with E-state index in [1.165, 1.54) is 0 Å². The maximum absolute atomic E-state index is 9.25. The molecule has 0 fully saturated rings. The minimum atomic E-state index is -0.981. The van der Waals surface area contributed by atoms with Crippen molar-refractivity contribution < 1.29 is 9.90 Å². The summed E-state index contributed by atoms with van der Waals surface area (Å²) in [6, 6.07) is 12.5. The van der Waals surface area contributed by atoms with E-state index in [4.69, 9.17) is 5.11 Å². The Morgan fingerprint density at radius 1 is 1.31 bits per heavy atom. The normalized spacial score (nSPS) is 6.15. The summed E-state index contributed by atoms with van der Waals surface area (Å²) >= 11 is 0. The second kappa shape index (κ2) is 14.2. The number of benzene rings is 1.